The molecule has 0 aromatic heterocycles. The molecule has 0 aliphatic heterocycles. The second-order valence-corrected chi connectivity index (χ2v) is 6.03. The standard InChI is InChI=1S/C13H28N2O/c1-13(2,9-14-3)10-15(4)11-7-5-6-8-12(11)16/h11-12,14,16H,5-10H2,1-4H3. The molecule has 16 heavy (non-hydrogen) atoms. The van der Waals surface area contributed by atoms with Crippen molar-refractivity contribution in [1.29, 1.82) is 0 Å². The number of aliphatic hydroxyl groups is 1. The van der Waals surface area contributed by atoms with E-state index >= 15 is 0 Å². The van der Waals surface area contributed by atoms with Gasteiger partial charge in [0.15, 0.2) is 0 Å². The van der Waals surface area contributed by atoms with Crippen LogP contribution in [0.5, 0.6) is 0 Å². The van der Waals surface area contributed by atoms with Crippen LogP contribution in [0.1, 0.15) is 39.5 Å². The minimum Gasteiger partial charge on any atom is -0.391 e. The van der Waals surface area contributed by atoms with Gasteiger partial charge in [-0.25, -0.2) is 0 Å². The summed E-state index contributed by atoms with van der Waals surface area (Å²) in [6, 6.07) is 0.366. The monoisotopic (exact) mass is 228 g/mol. The van der Waals surface area contributed by atoms with Crippen LogP contribution < -0.4 is 5.32 Å². The maximum Gasteiger partial charge on any atom is 0.0695 e. The van der Waals surface area contributed by atoms with E-state index in [1.165, 1.54) is 12.8 Å². The van der Waals surface area contributed by atoms with Crippen LogP contribution in [0.4, 0.5) is 0 Å². The molecule has 1 aliphatic carbocycles. The minimum absolute atomic E-state index is 0.121. The molecule has 1 aliphatic rings. The summed E-state index contributed by atoms with van der Waals surface area (Å²) < 4.78 is 0. The van der Waals surface area contributed by atoms with Gasteiger partial charge in [-0.05, 0) is 32.4 Å². The first kappa shape index (κ1) is 13.9. The van der Waals surface area contributed by atoms with Crippen LogP contribution in [0.3, 0.4) is 0 Å². The Bertz CT molecular complexity index is 206. The first-order valence-corrected chi connectivity index (χ1v) is 6.49. The summed E-state index contributed by atoms with van der Waals surface area (Å²) in [6.45, 7) is 6.60. The number of hydrogen-bond donors (Lipinski definition) is 2. The average Bonchev–Trinajstić information content (AvgIpc) is 2.17. The van der Waals surface area contributed by atoms with E-state index in [0.717, 1.165) is 25.9 Å². The Morgan fingerprint density at radius 2 is 1.94 bits per heavy atom. The van der Waals surface area contributed by atoms with Crippen molar-refractivity contribution in [2.75, 3.05) is 27.2 Å². The molecule has 2 atom stereocenters. The molecule has 0 bridgehead atoms. The van der Waals surface area contributed by atoms with Crippen LogP contribution in [-0.2, 0) is 0 Å². The molecule has 1 saturated carbocycles. The number of hydrogen-bond acceptors (Lipinski definition) is 3. The molecule has 1 rings (SSSR count). The van der Waals surface area contributed by atoms with Gasteiger partial charge in [0.2, 0.25) is 0 Å². The number of likely N-dealkylation sites (N-methyl/N-ethyl adjacent to an activating group) is 1. The van der Waals surface area contributed by atoms with Crippen molar-refractivity contribution in [2.24, 2.45) is 5.41 Å². The second kappa shape index (κ2) is 5.99. The van der Waals surface area contributed by atoms with Gasteiger partial charge < -0.3 is 15.3 Å². The van der Waals surface area contributed by atoms with Gasteiger partial charge in [0.25, 0.3) is 0 Å². The highest BCUT2D eigenvalue weighted by molar-refractivity contribution is 4.84. The van der Waals surface area contributed by atoms with Gasteiger partial charge in [0.05, 0.1) is 6.10 Å². The summed E-state index contributed by atoms with van der Waals surface area (Å²) >= 11 is 0. The van der Waals surface area contributed by atoms with E-state index in [4.69, 9.17) is 0 Å². The zero-order valence-electron chi connectivity index (χ0n) is 11.3. The third-order valence-electron chi connectivity index (χ3n) is 3.59. The molecule has 0 heterocycles. The Balaban J connectivity index is 2.46. The van der Waals surface area contributed by atoms with E-state index in [0.29, 0.717) is 6.04 Å². The molecule has 1 fully saturated rings. The lowest BCUT2D eigenvalue weighted by molar-refractivity contribution is 0.0174. The van der Waals surface area contributed by atoms with Crippen molar-refractivity contribution >= 4 is 0 Å². The van der Waals surface area contributed by atoms with Gasteiger partial charge in [0, 0.05) is 19.1 Å². The van der Waals surface area contributed by atoms with E-state index in [9.17, 15) is 5.11 Å². The summed E-state index contributed by atoms with van der Waals surface area (Å²) in [5.74, 6) is 0. The molecular formula is C13H28N2O. The van der Waals surface area contributed by atoms with E-state index in [2.05, 4.69) is 31.1 Å². The first-order valence-electron chi connectivity index (χ1n) is 6.49. The summed E-state index contributed by atoms with van der Waals surface area (Å²) in [4.78, 5) is 2.35. The molecule has 0 aromatic carbocycles. The van der Waals surface area contributed by atoms with E-state index in [-0.39, 0.29) is 11.5 Å². The van der Waals surface area contributed by atoms with Crippen LogP contribution in [0, 0.1) is 5.41 Å². The van der Waals surface area contributed by atoms with Crippen LogP contribution >= 0.6 is 0 Å². The number of aliphatic hydroxyl groups excluding tert-OH is 1. The van der Waals surface area contributed by atoms with Crippen molar-refractivity contribution in [2.45, 2.75) is 51.7 Å². The molecule has 0 amide bonds. The van der Waals surface area contributed by atoms with Crippen LogP contribution in [-0.4, -0.2) is 49.3 Å². The summed E-state index contributed by atoms with van der Waals surface area (Å²) in [6.07, 6.45) is 4.45. The van der Waals surface area contributed by atoms with E-state index in [1.54, 1.807) is 0 Å². The summed E-state index contributed by atoms with van der Waals surface area (Å²) in [5, 5.41) is 13.2. The molecule has 0 aromatic rings. The fourth-order valence-corrected chi connectivity index (χ4v) is 2.93. The third-order valence-corrected chi connectivity index (χ3v) is 3.59. The topological polar surface area (TPSA) is 35.5 Å². The highest BCUT2D eigenvalue weighted by Gasteiger charge is 2.29. The van der Waals surface area contributed by atoms with Crippen LogP contribution in [0.2, 0.25) is 0 Å². The predicted molar refractivity (Wildman–Crippen MR) is 68.6 cm³/mol. The molecule has 3 heteroatoms. The molecule has 3 nitrogen and oxygen atoms in total. The van der Waals surface area contributed by atoms with Crippen molar-refractivity contribution in [3.8, 4) is 0 Å². The molecule has 0 spiro atoms. The Labute approximate surface area is 100 Å². The van der Waals surface area contributed by atoms with Gasteiger partial charge in [-0.1, -0.05) is 26.7 Å². The van der Waals surface area contributed by atoms with Crippen molar-refractivity contribution in [1.82, 2.24) is 10.2 Å². The minimum atomic E-state index is -0.121. The van der Waals surface area contributed by atoms with Gasteiger partial charge >= 0.3 is 0 Å². The fraction of sp³-hybridized carbons (Fsp3) is 1.00. The predicted octanol–water partition coefficient (Wildman–Crippen LogP) is 1.47. The van der Waals surface area contributed by atoms with Crippen molar-refractivity contribution in [3.05, 3.63) is 0 Å². The highest BCUT2D eigenvalue weighted by atomic mass is 16.3. The first-order chi connectivity index (χ1) is 7.46. The highest BCUT2D eigenvalue weighted by Crippen LogP contribution is 2.25. The Morgan fingerprint density at radius 3 is 2.50 bits per heavy atom. The van der Waals surface area contributed by atoms with Crippen molar-refractivity contribution < 1.29 is 5.11 Å². The zero-order chi connectivity index (χ0) is 12.2. The Kier molecular flexibility index (Phi) is 5.22. The lowest BCUT2D eigenvalue weighted by atomic mass is 9.88. The van der Waals surface area contributed by atoms with Gasteiger partial charge in [0.1, 0.15) is 0 Å². The molecule has 2 N–H and O–H groups in total. The second-order valence-electron chi connectivity index (χ2n) is 6.03. The van der Waals surface area contributed by atoms with Crippen LogP contribution in [0.25, 0.3) is 0 Å². The fourth-order valence-electron chi connectivity index (χ4n) is 2.93. The maximum atomic E-state index is 10.0. The van der Waals surface area contributed by atoms with Crippen LogP contribution in [0.15, 0.2) is 0 Å². The number of nitrogens with one attached hydrogen (secondary N) is 1. The van der Waals surface area contributed by atoms with E-state index < -0.39 is 0 Å². The smallest absolute Gasteiger partial charge is 0.0695 e. The normalized spacial score (nSPS) is 27.4. The SMILES string of the molecule is CNCC(C)(C)CN(C)C1CCCCC1O. The quantitative estimate of drug-likeness (QED) is 0.748. The lowest BCUT2D eigenvalue weighted by Crippen LogP contribution is -2.48. The zero-order valence-corrected chi connectivity index (χ0v) is 11.3. The van der Waals surface area contributed by atoms with Crippen molar-refractivity contribution in [3.63, 3.8) is 0 Å². The molecule has 0 radical (unpaired) electrons. The van der Waals surface area contributed by atoms with E-state index in [1.807, 2.05) is 7.05 Å². The number of rotatable bonds is 5. The summed E-state index contributed by atoms with van der Waals surface area (Å²) in [5.41, 5.74) is 0.265. The van der Waals surface area contributed by atoms with Gasteiger partial charge in [-0.3, -0.25) is 0 Å². The Hall–Kier alpha value is -0.120. The average molecular weight is 228 g/mol. The summed E-state index contributed by atoms with van der Waals surface area (Å²) in [7, 11) is 4.15. The van der Waals surface area contributed by atoms with Gasteiger partial charge in [-0.15, -0.1) is 0 Å². The molecule has 96 valence electrons. The molecule has 2 unspecified atom stereocenters. The third kappa shape index (κ3) is 4.04. The lowest BCUT2D eigenvalue weighted by Gasteiger charge is -2.39. The number of nitrogens with zero attached hydrogens (tertiary/aromatic N) is 1. The molecular weight excluding hydrogens is 200 g/mol. The maximum absolute atomic E-state index is 10.0. The Morgan fingerprint density at radius 1 is 1.31 bits per heavy atom. The molecule has 0 saturated heterocycles. The van der Waals surface area contributed by atoms with Gasteiger partial charge in [-0.2, -0.15) is 0 Å². The largest absolute Gasteiger partial charge is 0.391 e.